The molecule has 4 fully saturated rings. The van der Waals surface area contributed by atoms with Crippen molar-refractivity contribution in [2.75, 3.05) is 64.4 Å². The van der Waals surface area contributed by atoms with Crippen molar-refractivity contribution in [2.45, 2.75) is 63.2 Å². The maximum Gasteiger partial charge on any atom is 0.407 e. The summed E-state index contributed by atoms with van der Waals surface area (Å²) in [4.78, 5) is 31.1. The molecule has 2 amide bonds. The number of nitrogens with one attached hydrogen (secondary N) is 2. The van der Waals surface area contributed by atoms with Gasteiger partial charge >= 0.3 is 6.09 Å². The zero-order chi connectivity index (χ0) is 34.7. The predicted molar refractivity (Wildman–Crippen MR) is 180 cm³/mol. The summed E-state index contributed by atoms with van der Waals surface area (Å²) in [6.45, 7) is 6.90. The highest BCUT2D eigenvalue weighted by Gasteiger charge is 2.52. The maximum absolute atomic E-state index is 15.1. The summed E-state index contributed by atoms with van der Waals surface area (Å²) in [7, 11) is 1.35. The topological polar surface area (TPSA) is 101 Å². The minimum absolute atomic E-state index is 0.0244. The first-order valence-corrected chi connectivity index (χ1v) is 17.5. The van der Waals surface area contributed by atoms with Gasteiger partial charge in [0.05, 0.1) is 24.4 Å². The van der Waals surface area contributed by atoms with Crippen LogP contribution >= 0.6 is 0 Å². The van der Waals surface area contributed by atoms with Crippen molar-refractivity contribution in [3.8, 4) is 6.07 Å². The lowest BCUT2D eigenvalue weighted by molar-refractivity contribution is -0.119. The van der Waals surface area contributed by atoms with Gasteiger partial charge in [0, 0.05) is 70.1 Å². The van der Waals surface area contributed by atoms with Gasteiger partial charge in [0.25, 0.3) is 0 Å². The van der Waals surface area contributed by atoms with Crippen LogP contribution in [0.5, 0.6) is 0 Å². The number of piperidine rings is 1. The summed E-state index contributed by atoms with van der Waals surface area (Å²) in [5.41, 5.74) is 1.76. The van der Waals surface area contributed by atoms with Crippen LogP contribution in [0.25, 0.3) is 0 Å². The first-order chi connectivity index (χ1) is 23.6. The number of halogens is 3. The minimum Gasteiger partial charge on any atom is -0.453 e. The molecule has 49 heavy (non-hydrogen) atoms. The van der Waals surface area contributed by atoms with Gasteiger partial charge in [-0.1, -0.05) is 18.6 Å². The Morgan fingerprint density at radius 2 is 1.80 bits per heavy atom. The Hall–Kier alpha value is -3.82. The second kappa shape index (κ2) is 15.0. The first kappa shape index (κ1) is 35.0. The van der Waals surface area contributed by atoms with Crippen LogP contribution in [0.1, 0.15) is 55.7 Å². The number of benzene rings is 2. The van der Waals surface area contributed by atoms with E-state index in [1.807, 2.05) is 15.9 Å². The summed E-state index contributed by atoms with van der Waals surface area (Å²) in [5, 5.41) is 15.7. The van der Waals surface area contributed by atoms with Crippen LogP contribution in [-0.4, -0.2) is 93.5 Å². The van der Waals surface area contributed by atoms with Crippen LogP contribution in [0.4, 0.5) is 23.7 Å². The van der Waals surface area contributed by atoms with Crippen molar-refractivity contribution in [3.63, 3.8) is 0 Å². The Labute approximate surface area is 286 Å². The molecule has 9 nitrogen and oxygen atoms in total. The molecule has 3 saturated heterocycles. The zero-order valence-corrected chi connectivity index (χ0v) is 28.4. The largest absolute Gasteiger partial charge is 0.453 e. The van der Waals surface area contributed by atoms with E-state index in [-0.39, 0.29) is 29.6 Å². The van der Waals surface area contributed by atoms with E-state index in [4.69, 9.17) is 4.74 Å². The first-order valence-electron chi connectivity index (χ1n) is 17.5. The molecule has 2 aromatic rings. The number of carbonyl (C=O) groups is 2. The number of hydrogen-bond donors (Lipinski definition) is 2. The monoisotopic (exact) mass is 680 g/mol. The van der Waals surface area contributed by atoms with Crippen molar-refractivity contribution < 1.29 is 27.5 Å². The third-order valence-corrected chi connectivity index (χ3v) is 11.4. The fourth-order valence-electron chi connectivity index (χ4n) is 8.98. The molecule has 3 aliphatic heterocycles. The Morgan fingerprint density at radius 3 is 2.45 bits per heavy atom. The number of rotatable bonds is 11. The second-order valence-electron chi connectivity index (χ2n) is 14.5. The highest BCUT2D eigenvalue weighted by molar-refractivity contribution is 5.73. The smallest absolute Gasteiger partial charge is 0.407 e. The lowest BCUT2D eigenvalue weighted by atomic mass is 9.58. The van der Waals surface area contributed by atoms with Crippen molar-refractivity contribution in [1.29, 1.82) is 5.26 Å². The third kappa shape index (κ3) is 7.53. The number of nitriles is 1. The molecule has 3 heterocycles. The molecule has 0 bridgehead atoms. The molecule has 0 radical (unpaired) electrons. The number of alkyl halides is 1. The number of hydrogen-bond acceptors (Lipinski definition) is 7. The quantitative estimate of drug-likeness (QED) is 0.354. The van der Waals surface area contributed by atoms with E-state index in [2.05, 4.69) is 21.6 Å². The molecule has 0 unspecified atom stereocenters. The molecule has 4 aliphatic rings. The van der Waals surface area contributed by atoms with Crippen LogP contribution in [-0.2, 0) is 21.5 Å². The predicted octanol–water partition coefficient (Wildman–Crippen LogP) is 4.74. The van der Waals surface area contributed by atoms with Crippen molar-refractivity contribution in [3.05, 3.63) is 64.7 Å². The molecule has 0 aromatic heterocycles. The van der Waals surface area contributed by atoms with Gasteiger partial charge in [-0.2, -0.15) is 5.26 Å². The van der Waals surface area contributed by atoms with Crippen molar-refractivity contribution >= 4 is 17.7 Å². The van der Waals surface area contributed by atoms with Crippen LogP contribution in [0, 0.1) is 40.7 Å². The van der Waals surface area contributed by atoms with Gasteiger partial charge in [0.2, 0.25) is 5.91 Å². The maximum atomic E-state index is 15.1. The van der Waals surface area contributed by atoms with E-state index in [9.17, 15) is 23.6 Å². The van der Waals surface area contributed by atoms with Crippen LogP contribution in [0.15, 0.2) is 36.4 Å². The molecular weight excluding hydrogens is 633 g/mol. The van der Waals surface area contributed by atoms with Gasteiger partial charge < -0.3 is 25.2 Å². The summed E-state index contributed by atoms with van der Waals surface area (Å²) in [5.74, 6) is -0.427. The summed E-state index contributed by atoms with van der Waals surface area (Å²) in [6, 6.07) is 11.7. The number of ether oxygens (including phenoxy) is 1. The van der Waals surface area contributed by atoms with E-state index < -0.39 is 23.5 Å². The average molecular weight is 681 g/mol. The number of carbonyl (C=O) groups excluding carboxylic acids is 2. The average Bonchev–Trinajstić information content (AvgIpc) is 3.51. The Bertz CT molecular complexity index is 1550. The lowest BCUT2D eigenvalue weighted by Gasteiger charge is -2.51. The highest BCUT2D eigenvalue weighted by Crippen LogP contribution is 2.50. The SMILES string of the molecule is COC(=O)N[C@H]1CCC[C@@H]1[C@](CNC(C)=O)(c1cccc(F)c1)C1CCN(CC2CN(c3cc(CN4CC(F)C4)c(C#N)cc3F)C2)CC1. The van der Waals surface area contributed by atoms with Gasteiger partial charge in [0.15, 0.2) is 0 Å². The molecule has 12 heteroatoms. The molecule has 0 spiro atoms. The number of amides is 2. The molecule has 1 saturated carbocycles. The normalized spacial score (nSPS) is 23.6. The molecule has 2 aromatic carbocycles. The molecule has 6 rings (SSSR count). The van der Waals surface area contributed by atoms with Crippen LogP contribution < -0.4 is 15.5 Å². The summed E-state index contributed by atoms with van der Waals surface area (Å²) >= 11 is 0. The number of alkyl carbamates (subject to hydrolysis) is 1. The van der Waals surface area contributed by atoms with E-state index in [0.717, 1.165) is 62.9 Å². The number of methoxy groups -OCH3 is 1. The van der Waals surface area contributed by atoms with E-state index in [1.54, 1.807) is 18.2 Å². The molecule has 2 N–H and O–H groups in total. The van der Waals surface area contributed by atoms with E-state index >= 15 is 4.39 Å². The Balaban J connectivity index is 1.14. The van der Waals surface area contributed by atoms with E-state index in [0.29, 0.717) is 56.4 Å². The molecule has 264 valence electrons. The van der Waals surface area contributed by atoms with Gasteiger partial charge in [-0.05, 0) is 86.0 Å². The van der Waals surface area contributed by atoms with Gasteiger partial charge in [0.1, 0.15) is 17.8 Å². The van der Waals surface area contributed by atoms with Gasteiger partial charge in [-0.15, -0.1) is 0 Å². The molecule has 1 aliphatic carbocycles. The van der Waals surface area contributed by atoms with Crippen LogP contribution in [0.3, 0.4) is 0 Å². The molecular formula is C37H47F3N6O3. The number of anilines is 1. The van der Waals surface area contributed by atoms with Crippen molar-refractivity contribution in [1.82, 2.24) is 20.4 Å². The van der Waals surface area contributed by atoms with E-state index in [1.165, 1.54) is 26.2 Å². The minimum atomic E-state index is -0.843. The third-order valence-electron chi connectivity index (χ3n) is 11.4. The standard InChI is InChI=1S/C37H47F3N6O3/c1-24(47)42-23-37(29-5-3-6-30(38)15-29,32-7-4-8-34(32)43-36(48)49-2)28-9-11-44(12-10-28)17-25-18-46(19-25)35-14-27(20-45-21-31(39)22-45)26(16-41)13-33(35)40/h3,5-6,13-15,25,28,31-32,34H,4,7-12,17-23H2,1-2H3,(H,42,47)(H,43,48)/t32-,34-,37-/m0/s1. The Morgan fingerprint density at radius 1 is 1.04 bits per heavy atom. The summed E-state index contributed by atoms with van der Waals surface area (Å²) < 4.78 is 48.3. The Kier molecular flexibility index (Phi) is 10.7. The fraction of sp³-hybridized carbons (Fsp3) is 0.595. The van der Waals surface area contributed by atoms with Crippen LogP contribution in [0.2, 0.25) is 0 Å². The van der Waals surface area contributed by atoms with Gasteiger partial charge in [-0.3, -0.25) is 9.69 Å². The number of nitrogens with zero attached hydrogens (tertiary/aromatic N) is 4. The second-order valence-corrected chi connectivity index (χ2v) is 14.5. The summed E-state index contributed by atoms with van der Waals surface area (Å²) in [6.07, 6.45) is 2.89. The zero-order valence-electron chi connectivity index (χ0n) is 28.4. The van der Waals surface area contributed by atoms with Gasteiger partial charge in [-0.25, -0.2) is 18.0 Å². The lowest BCUT2D eigenvalue weighted by Crippen LogP contribution is -2.58. The fourth-order valence-corrected chi connectivity index (χ4v) is 8.98. The molecule has 3 atom stereocenters. The van der Waals surface area contributed by atoms with Crippen molar-refractivity contribution in [2.24, 2.45) is 17.8 Å². The highest BCUT2D eigenvalue weighted by atomic mass is 19.1. The number of likely N-dealkylation sites (tertiary alicyclic amines) is 2.